The van der Waals surface area contributed by atoms with Crippen molar-refractivity contribution in [1.29, 1.82) is 0 Å². The van der Waals surface area contributed by atoms with Crippen molar-refractivity contribution in [3.8, 4) is 34.1 Å². The fourth-order valence-electron chi connectivity index (χ4n) is 6.89. The maximum absolute atomic E-state index is 6.21. The van der Waals surface area contributed by atoms with Gasteiger partial charge in [0.05, 0.1) is 80.8 Å². The van der Waals surface area contributed by atoms with E-state index in [1.165, 1.54) is 0 Å². The highest BCUT2D eigenvalue weighted by molar-refractivity contribution is 5.81. The lowest BCUT2D eigenvalue weighted by atomic mass is 9.77. The maximum Gasteiger partial charge on any atom is 0.130 e. The van der Waals surface area contributed by atoms with Crippen LogP contribution in [0.15, 0.2) is 146 Å². The predicted octanol–water partition coefficient (Wildman–Crippen LogP) is 14.1. The van der Waals surface area contributed by atoms with Crippen LogP contribution in [0.3, 0.4) is 0 Å². The summed E-state index contributed by atoms with van der Waals surface area (Å²) in [6.45, 7) is 17.0. The maximum atomic E-state index is 6.21. The van der Waals surface area contributed by atoms with Gasteiger partial charge in [0.15, 0.2) is 0 Å². The van der Waals surface area contributed by atoms with Crippen LogP contribution >= 0.6 is 0 Å². The van der Waals surface area contributed by atoms with E-state index in [0.717, 1.165) is 105 Å². The molecule has 0 N–H and O–H groups in total. The molecule has 0 radical (unpaired) electrons. The Morgan fingerprint density at radius 2 is 0.552 bits per heavy atom. The van der Waals surface area contributed by atoms with Crippen LogP contribution in [0.25, 0.3) is 11.1 Å². The zero-order chi connectivity index (χ0) is 41.0. The highest BCUT2D eigenvalue weighted by Crippen LogP contribution is 2.43. The summed E-state index contributed by atoms with van der Waals surface area (Å²) >= 11 is 0. The summed E-state index contributed by atoms with van der Waals surface area (Å²) in [5.74, 6) is 5.75. The molecule has 6 aromatic carbocycles. The van der Waals surface area contributed by atoms with Gasteiger partial charge in [-0.2, -0.15) is 0 Å². The van der Waals surface area contributed by atoms with Crippen molar-refractivity contribution < 1.29 is 18.9 Å². The van der Waals surface area contributed by atoms with Crippen LogP contribution in [-0.2, 0) is 0 Å². The largest absolute Gasteiger partial charge is 0.490 e. The summed E-state index contributed by atoms with van der Waals surface area (Å²) in [4.78, 5) is 0. The Balaban J connectivity index is 1.49. The molecule has 0 aliphatic rings. The normalized spacial score (nSPS) is 13.2. The van der Waals surface area contributed by atoms with Gasteiger partial charge in [-0.25, -0.2) is 0 Å². The van der Waals surface area contributed by atoms with Crippen molar-refractivity contribution in [2.24, 2.45) is 0 Å². The third-order valence-electron chi connectivity index (χ3n) is 10.9. The number of hydrogen-bond donors (Lipinski definition) is 0. The molecule has 0 saturated heterocycles. The number of hydrogen-bond acceptors (Lipinski definition) is 4. The minimum Gasteiger partial charge on any atom is -0.490 e. The molecule has 0 heterocycles. The smallest absolute Gasteiger partial charge is 0.130 e. The third kappa shape index (κ3) is 10.4. The molecular formula is C54H60O4+2. The van der Waals surface area contributed by atoms with E-state index in [1.807, 2.05) is 0 Å². The first-order chi connectivity index (χ1) is 28.2. The van der Waals surface area contributed by atoms with E-state index in [9.17, 15) is 0 Å². The topological polar surface area (TPSA) is 36.9 Å². The van der Waals surface area contributed by atoms with E-state index in [4.69, 9.17) is 18.9 Å². The average molecular weight is 773 g/mol. The molecule has 0 amide bonds. The van der Waals surface area contributed by atoms with Crippen molar-refractivity contribution in [2.45, 2.75) is 105 Å². The van der Waals surface area contributed by atoms with E-state index in [0.29, 0.717) is 0 Å². The van der Waals surface area contributed by atoms with E-state index in [-0.39, 0.29) is 24.4 Å². The molecule has 6 aromatic rings. The monoisotopic (exact) mass is 772 g/mol. The predicted molar refractivity (Wildman–Crippen MR) is 240 cm³/mol. The minimum absolute atomic E-state index is 0.141. The Hall–Kier alpha value is -5.74. The van der Waals surface area contributed by atoms with Crippen molar-refractivity contribution in [2.75, 3.05) is 0 Å². The molecule has 6 rings (SSSR count). The van der Waals surface area contributed by atoms with Gasteiger partial charge in [0.2, 0.25) is 0 Å². The van der Waals surface area contributed by atoms with E-state index >= 15 is 0 Å². The molecule has 0 aliphatic carbocycles. The molecule has 0 aromatic heterocycles. The number of ether oxygens (including phenoxy) is 4. The van der Waals surface area contributed by atoms with Crippen molar-refractivity contribution in [3.05, 3.63) is 191 Å². The summed E-state index contributed by atoms with van der Waals surface area (Å²) in [6.07, 6.45) is 4.35. The molecule has 0 aliphatic heterocycles. The molecule has 0 saturated carbocycles. The van der Waals surface area contributed by atoms with E-state index in [1.54, 1.807) is 0 Å². The Kier molecular flexibility index (Phi) is 14.5. The van der Waals surface area contributed by atoms with Gasteiger partial charge in [0, 0.05) is 48.5 Å². The van der Waals surface area contributed by atoms with Gasteiger partial charge in [0.25, 0.3) is 0 Å². The third-order valence-corrected chi connectivity index (χ3v) is 10.9. The minimum atomic E-state index is 0.141. The lowest BCUT2D eigenvalue weighted by Gasteiger charge is -2.21. The first-order valence-electron chi connectivity index (χ1n) is 21.2. The Labute approximate surface area is 348 Å². The fourth-order valence-corrected chi connectivity index (χ4v) is 6.89. The van der Waals surface area contributed by atoms with Crippen LogP contribution in [-0.4, -0.2) is 24.4 Å². The SMILES string of the molecule is CC[C@@H](C)Oc1ccc([C+](c2ccc(O[C@H](C)CC)cc2)c2ccccc2-c2ccccc2[C+](c2ccc(O[C@H](C)CC)cc2)c2ccc(O[C@H](C)CC)cc2)cc1. The Bertz CT molecular complexity index is 1870. The second-order valence-electron chi connectivity index (χ2n) is 15.3. The zero-order valence-corrected chi connectivity index (χ0v) is 35.6. The molecular weight excluding hydrogens is 713 g/mol. The van der Waals surface area contributed by atoms with Gasteiger partial charge in [-0.05, 0) is 150 Å². The second-order valence-corrected chi connectivity index (χ2v) is 15.3. The number of benzene rings is 6. The highest BCUT2D eigenvalue weighted by Gasteiger charge is 2.32. The van der Waals surface area contributed by atoms with Gasteiger partial charge in [0.1, 0.15) is 23.0 Å². The quantitative estimate of drug-likeness (QED) is 0.0607. The van der Waals surface area contributed by atoms with Gasteiger partial charge in [-0.1, -0.05) is 27.7 Å². The molecule has 0 unspecified atom stereocenters. The van der Waals surface area contributed by atoms with Crippen LogP contribution in [0.1, 0.15) is 114 Å². The fraction of sp³-hybridized carbons (Fsp3) is 0.296. The summed E-state index contributed by atoms with van der Waals surface area (Å²) in [5, 5.41) is 0. The van der Waals surface area contributed by atoms with Crippen LogP contribution in [0, 0.1) is 11.8 Å². The second kappa shape index (κ2) is 20.1. The lowest BCUT2D eigenvalue weighted by molar-refractivity contribution is 0.217. The standard InChI is InChI=1S/C54H60O4/c1-9-37(5)55-45-29-21-41(22-30-45)53(42-23-31-46(32-24-42)56-38(6)10-2)51-19-15-13-17-49(51)50-18-14-16-20-52(50)54(43-25-33-47(34-26-43)57-39(7)11-3)44-27-35-48(36-28-44)58-40(8)12-4/h13-40H,9-12H2,1-8H3/q+2/t37-,38-,39-,40-/m1/s1. The van der Waals surface area contributed by atoms with E-state index < -0.39 is 0 Å². The average Bonchev–Trinajstić information content (AvgIpc) is 3.26. The van der Waals surface area contributed by atoms with Crippen LogP contribution in [0.4, 0.5) is 0 Å². The van der Waals surface area contributed by atoms with Gasteiger partial charge < -0.3 is 18.9 Å². The van der Waals surface area contributed by atoms with Gasteiger partial charge in [-0.15, -0.1) is 0 Å². The zero-order valence-electron chi connectivity index (χ0n) is 35.6. The van der Waals surface area contributed by atoms with Crippen molar-refractivity contribution in [1.82, 2.24) is 0 Å². The van der Waals surface area contributed by atoms with Crippen LogP contribution in [0.2, 0.25) is 0 Å². The molecule has 4 heteroatoms. The van der Waals surface area contributed by atoms with Crippen LogP contribution < -0.4 is 18.9 Å². The van der Waals surface area contributed by atoms with E-state index in [2.05, 4.69) is 201 Å². The summed E-state index contributed by atoms with van der Waals surface area (Å²) in [6, 6.07) is 51.7. The summed E-state index contributed by atoms with van der Waals surface area (Å²) < 4.78 is 24.8. The summed E-state index contributed by atoms with van der Waals surface area (Å²) in [5.41, 5.74) is 8.97. The van der Waals surface area contributed by atoms with Crippen LogP contribution in [0.5, 0.6) is 23.0 Å². The lowest BCUT2D eigenvalue weighted by Crippen LogP contribution is -2.12. The Morgan fingerprint density at radius 3 is 0.776 bits per heavy atom. The molecule has 0 bridgehead atoms. The van der Waals surface area contributed by atoms with Gasteiger partial charge in [-0.3, -0.25) is 0 Å². The van der Waals surface area contributed by atoms with Crippen molar-refractivity contribution in [3.63, 3.8) is 0 Å². The molecule has 58 heavy (non-hydrogen) atoms. The highest BCUT2D eigenvalue weighted by atomic mass is 16.5. The Morgan fingerprint density at radius 1 is 0.328 bits per heavy atom. The first-order valence-corrected chi connectivity index (χ1v) is 21.2. The molecule has 4 nitrogen and oxygen atoms in total. The molecule has 0 spiro atoms. The first kappa shape index (κ1) is 41.9. The summed E-state index contributed by atoms with van der Waals surface area (Å²) in [7, 11) is 0. The van der Waals surface area contributed by atoms with Gasteiger partial charge >= 0.3 is 0 Å². The van der Waals surface area contributed by atoms with Crippen molar-refractivity contribution >= 4 is 0 Å². The molecule has 4 atom stereocenters. The molecule has 298 valence electrons. The molecule has 0 fully saturated rings. The number of rotatable bonds is 19.